The maximum Gasteiger partial charge on any atom is 0.183 e. The lowest BCUT2D eigenvalue weighted by molar-refractivity contribution is 0.249. The summed E-state index contributed by atoms with van der Waals surface area (Å²) >= 11 is 1.85. The van der Waals surface area contributed by atoms with Gasteiger partial charge in [-0.3, -0.25) is 5.10 Å². The predicted octanol–water partition coefficient (Wildman–Crippen LogP) is 2.70. The van der Waals surface area contributed by atoms with Gasteiger partial charge in [-0.25, -0.2) is 4.98 Å². The van der Waals surface area contributed by atoms with Crippen molar-refractivity contribution < 1.29 is 0 Å². The van der Waals surface area contributed by atoms with Crippen molar-refractivity contribution in [2.24, 2.45) is 11.8 Å². The normalized spacial score (nSPS) is 32.6. The van der Waals surface area contributed by atoms with Crippen molar-refractivity contribution >= 4 is 11.8 Å². The van der Waals surface area contributed by atoms with Crippen molar-refractivity contribution in [1.82, 2.24) is 20.5 Å². The third-order valence-electron chi connectivity index (χ3n) is 3.69. The molecule has 1 fully saturated rings. The Morgan fingerprint density at radius 2 is 2.28 bits per heavy atom. The van der Waals surface area contributed by atoms with Crippen molar-refractivity contribution in [3.63, 3.8) is 0 Å². The van der Waals surface area contributed by atoms with Crippen molar-refractivity contribution in [1.29, 1.82) is 0 Å². The van der Waals surface area contributed by atoms with Gasteiger partial charge in [0.05, 0.1) is 0 Å². The topological polar surface area (TPSA) is 53.6 Å². The molecule has 1 aliphatic rings. The van der Waals surface area contributed by atoms with Gasteiger partial charge < -0.3 is 5.32 Å². The van der Waals surface area contributed by atoms with E-state index in [1.54, 1.807) is 6.33 Å². The Labute approximate surface area is 114 Å². The van der Waals surface area contributed by atoms with Crippen molar-refractivity contribution in [3.05, 3.63) is 6.33 Å². The zero-order chi connectivity index (χ0) is 13.0. The number of nitrogens with one attached hydrogen (secondary N) is 2. The van der Waals surface area contributed by atoms with Crippen molar-refractivity contribution in [2.45, 2.75) is 56.5 Å². The van der Waals surface area contributed by atoms with Crippen LogP contribution in [-0.2, 0) is 0 Å². The number of nitrogens with zero attached hydrogens (tertiary/aromatic N) is 2. The molecule has 2 rings (SSSR count). The molecule has 1 aromatic heterocycles. The third-order valence-corrected chi connectivity index (χ3v) is 5.17. The highest BCUT2D eigenvalue weighted by Crippen LogP contribution is 2.38. The smallest absolute Gasteiger partial charge is 0.183 e. The molecule has 0 spiro atoms. The molecule has 1 aromatic rings. The Morgan fingerprint density at radius 1 is 1.44 bits per heavy atom. The lowest BCUT2D eigenvalue weighted by atomic mass is 9.80. The van der Waals surface area contributed by atoms with Crippen LogP contribution in [0.4, 0.5) is 0 Å². The Hall–Kier alpha value is -0.550. The number of hydrogen-bond donors (Lipinski definition) is 2. The fraction of sp³-hybridized carbons (Fsp3) is 0.846. The van der Waals surface area contributed by atoms with Crippen LogP contribution >= 0.6 is 11.8 Å². The Kier molecular flexibility index (Phi) is 5.06. The van der Waals surface area contributed by atoms with Gasteiger partial charge in [0, 0.05) is 11.3 Å². The van der Waals surface area contributed by atoms with Crippen LogP contribution < -0.4 is 5.32 Å². The average molecular weight is 268 g/mol. The first-order chi connectivity index (χ1) is 8.70. The summed E-state index contributed by atoms with van der Waals surface area (Å²) in [6.07, 6.45) is 5.37. The summed E-state index contributed by atoms with van der Waals surface area (Å²) in [4.78, 5) is 4.25. The van der Waals surface area contributed by atoms with Gasteiger partial charge in [0.25, 0.3) is 0 Å². The van der Waals surface area contributed by atoms with E-state index in [1.165, 1.54) is 19.3 Å². The molecule has 2 N–H and O–H groups in total. The molecule has 1 heterocycles. The van der Waals surface area contributed by atoms with E-state index in [4.69, 9.17) is 0 Å². The van der Waals surface area contributed by atoms with E-state index in [0.29, 0.717) is 11.3 Å². The second-order valence-corrected chi connectivity index (χ2v) is 6.65. The minimum absolute atomic E-state index is 0.596. The van der Waals surface area contributed by atoms with Crippen LogP contribution in [-0.4, -0.2) is 33.0 Å². The number of rotatable bonds is 5. The largest absolute Gasteiger partial charge is 0.313 e. The molecule has 18 heavy (non-hydrogen) atoms. The second kappa shape index (κ2) is 6.57. The van der Waals surface area contributed by atoms with Crippen molar-refractivity contribution in [3.8, 4) is 0 Å². The summed E-state index contributed by atoms with van der Waals surface area (Å²) in [5, 5.41) is 12.2. The maximum atomic E-state index is 4.25. The molecule has 4 atom stereocenters. The van der Waals surface area contributed by atoms with E-state index in [0.717, 1.165) is 23.5 Å². The monoisotopic (exact) mass is 268 g/mol. The van der Waals surface area contributed by atoms with Gasteiger partial charge in [-0.1, -0.05) is 32.5 Å². The highest BCUT2D eigenvalue weighted by molar-refractivity contribution is 7.99. The van der Waals surface area contributed by atoms with E-state index in [-0.39, 0.29) is 0 Å². The molecule has 0 bridgehead atoms. The molecular weight excluding hydrogens is 244 g/mol. The van der Waals surface area contributed by atoms with Gasteiger partial charge in [-0.2, -0.15) is 5.10 Å². The van der Waals surface area contributed by atoms with Gasteiger partial charge in [0.15, 0.2) is 5.16 Å². The van der Waals surface area contributed by atoms with E-state index in [9.17, 15) is 0 Å². The van der Waals surface area contributed by atoms with E-state index in [2.05, 4.69) is 41.3 Å². The van der Waals surface area contributed by atoms with Crippen LogP contribution in [0.5, 0.6) is 0 Å². The van der Waals surface area contributed by atoms with Gasteiger partial charge in [0.2, 0.25) is 0 Å². The minimum atomic E-state index is 0.596. The van der Waals surface area contributed by atoms with Crippen LogP contribution in [0.25, 0.3) is 0 Å². The summed E-state index contributed by atoms with van der Waals surface area (Å²) in [5.74, 6) is 1.54. The standard InChI is InChI=1S/C13H24N4S/c1-4-5-14-11-7-9(2)6-10(3)12(11)18-13-15-8-16-17-13/h8-12,14H,4-7H2,1-3H3,(H,15,16,17). The molecule has 0 saturated heterocycles. The van der Waals surface area contributed by atoms with Gasteiger partial charge >= 0.3 is 0 Å². The zero-order valence-electron chi connectivity index (χ0n) is 11.5. The fourth-order valence-corrected chi connectivity index (χ4v) is 4.12. The van der Waals surface area contributed by atoms with Crippen LogP contribution in [0.1, 0.15) is 40.0 Å². The molecule has 4 nitrogen and oxygen atoms in total. The summed E-state index contributed by atoms with van der Waals surface area (Å²) in [5.41, 5.74) is 0. The molecule has 102 valence electrons. The number of aromatic amines is 1. The number of H-pyrrole nitrogens is 1. The van der Waals surface area contributed by atoms with Crippen LogP contribution in [0.15, 0.2) is 11.5 Å². The number of thioether (sulfide) groups is 1. The number of hydrogen-bond acceptors (Lipinski definition) is 4. The molecule has 1 aliphatic carbocycles. The zero-order valence-corrected chi connectivity index (χ0v) is 12.3. The van der Waals surface area contributed by atoms with Crippen LogP contribution in [0.2, 0.25) is 0 Å². The molecule has 0 aliphatic heterocycles. The molecule has 0 radical (unpaired) electrons. The Balaban J connectivity index is 2.01. The lowest BCUT2D eigenvalue weighted by Gasteiger charge is -2.39. The summed E-state index contributed by atoms with van der Waals surface area (Å²) in [7, 11) is 0. The molecule has 0 amide bonds. The molecular formula is C13H24N4S. The highest BCUT2D eigenvalue weighted by Gasteiger charge is 2.34. The first-order valence-corrected chi connectivity index (χ1v) is 7.84. The van der Waals surface area contributed by atoms with Crippen LogP contribution in [0, 0.1) is 11.8 Å². The molecule has 0 aromatic carbocycles. The minimum Gasteiger partial charge on any atom is -0.313 e. The Bertz CT molecular complexity index is 341. The molecule has 4 unspecified atom stereocenters. The summed E-state index contributed by atoms with van der Waals surface area (Å²) in [6, 6.07) is 0.596. The van der Waals surface area contributed by atoms with E-state index < -0.39 is 0 Å². The first kappa shape index (κ1) is 13.9. The second-order valence-electron chi connectivity index (χ2n) is 5.49. The number of aromatic nitrogens is 3. The summed E-state index contributed by atoms with van der Waals surface area (Å²) in [6.45, 7) is 8.07. The van der Waals surface area contributed by atoms with Gasteiger partial charge in [0.1, 0.15) is 6.33 Å². The fourth-order valence-electron chi connectivity index (χ4n) is 2.94. The molecule has 1 saturated carbocycles. The predicted molar refractivity (Wildman–Crippen MR) is 75.7 cm³/mol. The molecule has 5 heteroatoms. The van der Waals surface area contributed by atoms with E-state index in [1.807, 2.05) is 11.8 Å². The lowest BCUT2D eigenvalue weighted by Crippen LogP contribution is -2.46. The first-order valence-electron chi connectivity index (χ1n) is 6.96. The SMILES string of the molecule is CCCNC1CC(C)CC(C)C1Sc1ncn[nH]1. The van der Waals surface area contributed by atoms with Gasteiger partial charge in [-0.05, 0) is 37.6 Å². The van der Waals surface area contributed by atoms with Crippen LogP contribution in [0.3, 0.4) is 0 Å². The average Bonchev–Trinajstić information content (AvgIpc) is 2.83. The Morgan fingerprint density at radius 3 is 2.94 bits per heavy atom. The summed E-state index contributed by atoms with van der Waals surface area (Å²) < 4.78 is 0. The van der Waals surface area contributed by atoms with E-state index >= 15 is 0 Å². The van der Waals surface area contributed by atoms with Crippen molar-refractivity contribution in [2.75, 3.05) is 6.54 Å². The quantitative estimate of drug-likeness (QED) is 0.862. The maximum absolute atomic E-state index is 4.25. The van der Waals surface area contributed by atoms with Gasteiger partial charge in [-0.15, -0.1) is 0 Å². The third kappa shape index (κ3) is 3.48. The highest BCUT2D eigenvalue weighted by atomic mass is 32.2.